The first-order valence-corrected chi connectivity index (χ1v) is 9.41. The summed E-state index contributed by atoms with van der Waals surface area (Å²) in [6, 6.07) is 5.94. The van der Waals surface area contributed by atoms with Crippen LogP contribution in [0.25, 0.3) is 10.9 Å². The maximum atomic E-state index is 13.0. The Balaban J connectivity index is 1.60. The highest BCUT2D eigenvalue weighted by atomic mass is 16.5. The predicted octanol–water partition coefficient (Wildman–Crippen LogP) is 1.96. The molecule has 2 aliphatic heterocycles. The molecular weight excluding hydrogens is 332 g/mol. The zero-order valence-corrected chi connectivity index (χ0v) is 15.2. The largest absolute Gasteiger partial charge is 0.508 e. The lowest BCUT2D eigenvalue weighted by Crippen LogP contribution is -2.58. The molecule has 0 saturated carbocycles. The number of hydrogen-bond donors (Lipinski definition) is 3. The van der Waals surface area contributed by atoms with E-state index in [0.29, 0.717) is 31.0 Å². The van der Waals surface area contributed by atoms with Gasteiger partial charge in [-0.2, -0.15) is 5.10 Å². The van der Waals surface area contributed by atoms with E-state index in [1.165, 1.54) is 0 Å². The molecule has 2 fully saturated rings. The molecule has 1 unspecified atom stereocenters. The number of hydrogen-bond acceptors (Lipinski definition) is 5. The van der Waals surface area contributed by atoms with Crippen LogP contribution in [0.15, 0.2) is 18.2 Å². The zero-order valence-electron chi connectivity index (χ0n) is 15.2. The van der Waals surface area contributed by atoms with Gasteiger partial charge in [0, 0.05) is 35.6 Å². The molecule has 1 amide bonds. The first-order valence-electron chi connectivity index (χ1n) is 9.41. The normalized spacial score (nSPS) is 26.6. The number of aromatic hydroxyl groups is 1. The van der Waals surface area contributed by atoms with E-state index in [1.54, 1.807) is 18.2 Å². The number of benzene rings is 1. The molecule has 3 heterocycles. The standard InChI is InChI=1S/C19H26N4O3/c1-3-11(2)23-17-8-15(24)4-5-16(17)18(22-23)19(25)21-12-6-13-9-26-10-14(7-12)20-13/h4-5,8,11-14,20,24H,3,6-7,9-10H2,1-2H3,(H,21,25)/t11-,12?,13-,14+/m0/s1. The van der Waals surface area contributed by atoms with E-state index in [-0.39, 0.29) is 23.7 Å². The number of rotatable bonds is 4. The van der Waals surface area contributed by atoms with E-state index in [1.807, 2.05) is 4.68 Å². The maximum Gasteiger partial charge on any atom is 0.272 e. The lowest BCUT2D eigenvalue weighted by atomic mass is 9.92. The topological polar surface area (TPSA) is 88.4 Å². The van der Waals surface area contributed by atoms with E-state index in [2.05, 4.69) is 29.6 Å². The lowest BCUT2D eigenvalue weighted by Gasteiger charge is -2.40. The van der Waals surface area contributed by atoms with Gasteiger partial charge in [0.1, 0.15) is 5.75 Å². The number of morpholine rings is 1. The van der Waals surface area contributed by atoms with Crippen LogP contribution < -0.4 is 10.6 Å². The Morgan fingerprint density at radius 2 is 2.15 bits per heavy atom. The maximum absolute atomic E-state index is 13.0. The third-order valence-electron chi connectivity index (χ3n) is 5.50. The van der Waals surface area contributed by atoms with Crippen molar-refractivity contribution in [2.24, 2.45) is 0 Å². The molecule has 2 aliphatic rings. The van der Waals surface area contributed by atoms with Gasteiger partial charge in [0.2, 0.25) is 0 Å². The molecule has 7 heteroatoms. The van der Waals surface area contributed by atoms with Gasteiger partial charge in [-0.1, -0.05) is 6.92 Å². The zero-order chi connectivity index (χ0) is 18.3. The number of carbonyl (C=O) groups is 1. The summed E-state index contributed by atoms with van der Waals surface area (Å²) < 4.78 is 7.41. The van der Waals surface area contributed by atoms with Gasteiger partial charge in [0.05, 0.1) is 18.7 Å². The second kappa shape index (κ2) is 6.89. The molecule has 3 N–H and O–H groups in total. The fourth-order valence-corrected chi connectivity index (χ4v) is 4.01. The molecule has 2 bridgehead atoms. The first kappa shape index (κ1) is 17.3. The molecule has 1 aromatic carbocycles. The number of ether oxygens (including phenoxy) is 1. The summed E-state index contributed by atoms with van der Waals surface area (Å²) in [7, 11) is 0. The van der Waals surface area contributed by atoms with Crippen LogP contribution in [-0.2, 0) is 4.74 Å². The monoisotopic (exact) mass is 358 g/mol. The van der Waals surface area contributed by atoms with Gasteiger partial charge in [-0.3, -0.25) is 9.48 Å². The quantitative estimate of drug-likeness (QED) is 0.778. The van der Waals surface area contributed by atoms with Gasteiger partial charge in [0.25, 0.3) is 5.91 Å². The summed E-state index contributed by atoms with van der Waals surface area (Å²) in [5, 5.41) is 21.9. The number of piperidine rings is 1. The smallest absolute Gasteiger partial charge is 0.272 e. The Bertz CT molecular complexity index is 806. The summed E-state index contributed by atoms with van der Waals surface area (Å²) >= 11 is 0. The molecule has 0 aliphatic carbocycles. The number of aromatic nitrogens is 2. The van der Waals surface area contributed by atoms with Crippen molar-refractivity contribution >= 4 is 16.8 Å². The predicted molar refractivity (Wildman–Crippen MR) is 98.4 cm³/mol. The van der Waals surface area contributed by atoms with Crippen molar-refractivity contribution in [3.05, 3.63) is 23.9 Å². The van der Waals surface area contributed by atoms with Crippen molar-refractivity contribution in [1.29, 1.82) is 0 Å². The molecular formula is C19H26N4O3. The van der Waals surface area contributed by atoms with Crippen molar-refractivity contribution in [2.45, 2.75) is 57.3 Å². The summed E-state index contributed by atoms with van der Waals surface area (Å²) in [5.74, 6) is 0.0359. The molecule has 4 atom stereocenters. The van der Waals surface area contributed by atoms with Crippen LogP contribution >= 0.6 is 0 Å². The highest BCUT2D eigenvalue weighted by Gasteiger charge is 2.33. The van der Waals surface area contributed by atoms with Gasteiger partial charge in [0.15, 0.2) is 5.69 Å². The third-order valence-corrected chi connectivity index (χ3v) is 5.50. The van der Waals surface area contributed by atoms with Crippen LogP contribution in [0, 0.1) is 0 Å². The van der Waals surface area contributed by atoms with E-state index in [9.17, 15) is 9.90 Å². The fraction of sp³-hybridized carbons (Fsp3) is 0.579. The molecule has 0 radical (unpaired) electrons. The minimum Gasteiger partial charge on any atom is -0.508 e. The van der Waals surface area contributed by atoms with Crippen molar-refractivity contribution in [3.8, 4) is 5.75 Å². The molecule has 0 spiro atoms. The third kappa shape index (κ3) is 3.17. The molecule has 26 heavy (non-hydrogen) atoms. The van der Waals surface area contributed by atoms with Crippen molar-refractivity contribution in [3.63, 3.8) is 0 Å². The number of phenols is 1. The molecule has 2 saturated heterocycles. The summed E-state index contributed by atoms with van der Waals surface area (Å²) in [5.41, 5.74) is 1.22. The Morgan fingerprint density at radius 3 is 2.85 bits per heavy atom. The average molecular weight is 358 g/mol. The molecule has 7 nitrogen and oxygen atoms in total. The second-order valence-corrected chi connectivity index (χ2v) is 7.49. The Labute approximate surface area is 152 Å². The SMILES string of the molecule is CC[C@H](C)n1nc(C(=O)NC2C[C@H]3COC[C@@H](C2)N3)c2ccc(O)cc21. The van der Waals surface area contributed by atoms with Crippen molar-refractivity contribution < 1.29 is 14.6 Å². The molecule has 1 aromatic heterocycles. The fourth-order valence-electron chi connectivity index (χ4n) is 4.01. The van der Waals surface area contributed by atoms with E-state index < -0.39 is 0 Å². The summed E-state index contributed by atoms with van der Waals surface area (Å²) in [6.45, 7) is 5.55. The highest BCUT2D eigenvalue weighted by molar-refractivity contribution is 6.05. The summed E-state index contributed by atoms with van der Waals surface area (Å²) in [6.07, 6.45) is 2.63. The highest BCUT2D eigenvalue weighted by Crippen LogP contribution is 2.27. The van der Waals surface area contributed by atoms with Crippen molar-refractivity contribution in [2.75, 3.05) is 13.2 Å². The second-order valence-electron chi connectivity index (χ2n) is 7.49. The number of carbonyl (C=O) groups excluding carboxylic acids is 1. The minimum absolute atomic E-state index is 0.128. The number of nitrogens with one attached hydrogen (secondary N) is 2. The number of fused-ring (bicyclic) bond motifs is 3. The van der Waals surface area contributed by atoms with Crippen LogP contribution in [0.3, 0.4) is 0 Å². The molecule has 4 rings (SSSR count). The van der Waals surface area contributed by atoms with E-state index >= 15 is 0 Å². The van der Waals surface area contributed by atoms with Gasteiger partial charge in [-0.05, 0) is 38.3 Å². The van der Waals surface area contributed by atoms with E-state index in [0.717, 1.165) is 30.2 Å². The van der Waals surface area contributed by atoms with Gasteiger partial charge < -0.3 is 20.5 Å². The van der Waals surface area contributed by atoms with Gasteiger partial charge in [-0.25, -0.2) is 0 Å². The molecule has 2 aromatic rings. The average Bonchev–Trinajstić information content (AvgIpc) is 2.99. The number of amides is 1. The minimum atomic E-state index is -0.145. The Morgan fingerprint density at radius 1 is 1.42 bits per heavy atom. The Kier molecular flexibility index (Phi) is 4.58. The van der Waals surface area contributed by atoms with Crippen molar-refractivity contribution in [1.82, 2.24) is 20.4 Å². The van der Waals surface area contributed by atoms with Gasteiger partial charge >= 0.3 is 0 Å². The van der Waals surface area contributed by atoms with Crippen LogP contribution in [0.4, 0.5) is 0 Å². The lowest BCUT2D eigenvalue weighted by molar-refractivity contribution is 0.0148. The summed E-state index contributed by atoms with van der Waals surface area (Å²) in [4.78, 5) is 13.0. The van der Waals surface area contributed by atoms with Crippen LogP contribution in [0.2, 0.25) is 0 Å². The number of nitrogens with zero attached hydrogens (tertiary/aromatic N) is 2. The van der Waals surface area contributed by atoms with E-state index in [4.69, 9.17) is 4.74 Å². The Hall–Kier alpha value is -2.12. The molecule has 140 valence electrons. The first-order chi connectivity index (χ1) is 12.5. The van der Waals surface area contributed by atoms with Crippen LogP contribution in [0.1, 0.15) is 49.6 Å². The van der Waals surface area contributed by atoms with Crippen LogP contribution in [-0.4, -0.2) is 52.1 Å². The number of phenolic OH excluding ortho intramolecular Hbond substituents is 1. The van der Waals surface area contributed by atoms with Crippen LogP contribution in [0.5, 0.6) is 5.75 Å². The van der Waals surface area contributed by atoms with Gasteiger partial charge in [-0.15, -0.1) is 0 Å².